The highest BCUT2D eigenvalue weighted by atomic mass is 32.2. The topological polar surface area (TPSA) is 42.1 Å². The smallest absolute Gasteiger partial charge is 0.315 e. The van der Waals surface area contributed by atoms with E-state index < -0.39 is 17.6 Å². The second-order valence-electron chi connectivity index (χ2n) is 3.33. The highest BCUT2D eigenvalue weighted by molar-refractivity contribution is 8.00. The molecule has 2 rings (SSSR count). The van der Waals surface area contributed by atoms with Crippen molar-refractivity contribution in [3.05, 3.63) is 30.0 Å². The lowest BCUT2D eigenvalue weighted by Gasteiger charge is -2.00. The third-order valence-corrected chi connectivity index (χ3v) is 3.25. The number of hydrogen-bond donors (Lipinski definition) is 1. The van der Waals surface area contributed by atoms with Crippen LogP contribution in [-0.4, -0.2) is 23.8 Å². The molecule has 0 bridgehead atoms. The molecule has 3 nitrogen and oxygen atoms in total. The van der Waals surface area contributed by atoms with Gasteiger partial charge in [0.2, 0.25) is 0 Å². The fraction of sp³-hybridized carbons (Fsp3) is 0.308. The van der Waals surface area contributed by atoms with Gasteiger partial charge in [0.05, 0.1) is 18.4 Å². The molecule has 0 saturated carbocycles. The Morgan fingerprint density at radius 2 is 2.05 bits per heavy atom. The number of rotatable bonds is 3. The number of esters is 1. The quantitative estimate of drug-likeness (QED) is 0.690. The SMILES string of the molecule is CC.COC(=O)CSc1c[nH]c2cc(F)cc(F)c12. The summed E-state index contributed by atoms with van der Waals surface area (Å²) in [5, 5.41) is 0.292. The summed E-state index contributed by atoms with van der Waals surface area (Å²) in [6.45, 7) is 4.00. The third-order valence-electron chi connectivity index (χ3n) is 2.23. The van der Waals surface area contributed by atoms with Crippen molar-refractivity contribution in [2.24, 2.45) is 0 Å². The van der Waals surface area contributed by atoms with Crippen LogP contribution in [0.2, 0.25) is 0 Å². The van der Waals surface area contributed by atoms with Crippen LogP contribution in [0.25, 0.3) is 10.9 Å². The number of carbonyl (C=O) groups is 1. The molecule has 0 fully saturated rings. The van der Waals surface area contributed by atoms with Crippen LogP contribution in [0.5, 0.6) is 0 Å². The molecule has 104 valence electrons. The van der Waals surface area contributed by atoms with E-state index in [4.69, 9.17) is 0 Å². The van der Waals surface area contributed by atoms with Crippen LogP contribution in [-0.2, 0) is 9.53 Å². The maximum atomic E-state index is 13.6. The first kappa shape index (κ1) is 15.5. The van der Waals surface area contributed by atoms with Gasteiger partial charge in [0.25, 0.3) is 0 Å². The molecular weight excluding hydrogens is 272 g/mol. The van der Waals surface area contributed by atoms with Crippen molar-refractivity contribution >= 4 is 28.6 Å². The second-order valence-corrected chi connectivity index (χ2v) is 4.35. The highest BCUT2D eigenvalue weighted by Crippen LogP contribution is 2.30. The monoisotopic (exact) mass is 287 g/mol. The number of aromatic amines is 1. The van der Waals surface area contributed by atoms with Crippen molar-refractivity contribution in [1.29, 1.82) is 0 Å². The lowest BCUT2D eigenvalue weighted by molar-refractivity contribution is -0.137. The standard InChI is InChI=1S/C11H9F2NO2S.C2H6/c1-16-10(15)5-17-9-4-14-8-3-6(12)2-7(13)11(8)9;1-2/h2-4,14H,5H2,1H3;1-2H3. The molecule has 1 heterocycles. The van der Waals surface area contributed by atoms with Crippen LogP contribution in [0.3, 0.4) is 0 Å². The molecular formula is C13H15F2NO2S. The number of aromatic nitrogens is 1. The zero-order chi connectivity index (χ0) is 14.4. The van der Waals surface area contributed by atoms with Crippen molar-refractivity contribution < 1.29 is 18.3 Å². The average molecular weight is 287 g/mol. The summed E-state index contributed by atoms with van der Waals surface area (Å²) >= 11 is 1.14. The predicted molar refractivity (Wildman–Crippen MR) is 72.3 cm³/mol. The van der Waals surface area contributed by atoms with Crippen LogP contribution >= 0.6 is 11.8 Å². The summed E-state index contributed by atoms with van der Waals surface area (Å²) in [7, 11) is 1.29. The molecule has 0 radical (unpaired) electrons. The van der Waals surface area contributed by atoms with Crippen LogP contribution in [0, 0.1) is 11.6 Å². The molecule has 1 N–H and O–H groups in total. The summed E-state index contributed by atoms with van der Waals surface area (Å²) in [4.78, 5) is 14.3. The van der Waals surface area contributed by atoms with Gasteiger partial charge >= 0.3 is 5.97 Å². The number of methoxy groups -OCH3 is 1. The van der Waals surface area contributed by atoms with E-state index in [1.165, 1.54) is 13.2 Å². The van der Waals surface area contributed by atoms with Gasteiger partial charge in [-0.05, 0) is 6.07 Å². The maximum absolute atomic E-state index is 13.6. The van der Waals surface area contributed by atoms with E-state index >= 15 is 0 Å². The summed E-state index contributed by atoms with van der Waals surface area (Å²) in [5.41, 5.74) is 0.370. The number of benzene rings is 1. The van der Waals surface area contributed by atoms with Gasteiger partial charge in [0.1, 0.15) is 11.6 Å². The normalized spacial score (nSPS) is 9.95. The molecule has 0 aliphatic rings. The first-order chi connectivity index (χ1) is 9.11. The third kappa shape index (κ3) is 3.70. The van der Waals surface area contributed by atoms with E-state index in [2.05, 4.69) is 9.72 Å². The largest absolute Gasteiger partial charge is 0.468 e. The van der Waals surface area contributed by atoms with Gasteiger partial charge < -0.3 is 9.72 Å². The Kier molecular flexibility index (Phi) is 5.82. The predicted octanol–water partition coefficient (Wildman–Crippen LogP) is 3.74. The van der Waals surface area contributed by atoms with Gasteiger partial charge in [0.15, 0.2) is 0 Å². The highest BCUT2D eigenvalue weighted by Gasteiger charge is 2.12. The van der Waals surface area contributed by atoms with Crippen LogP contribution in [0.1, 0.15) is 13.8 Å². The second kappa shape index (κ2) is 7.13. The molecule has 1 aromatic carbocycles. The van der Waals surface area contributed by atoms with E-state index in [1.807, 2.05) is 13.8 Å². The molecule has 0 unspecified atom stereocenters. The maximum Gasteiger partial charge on any atom is 0.315 e. The van der Waals surface area contributed by atoms with Crippen molar-refractivity contribution in [2.45, 2.75) is 18.7 Å². The molecule has 0 saturated heterocycles. The number of H-pyrrole nitrogens is 1. The molecule has 0 aliphatic heterocycles. The zero-order valence-corrected chi connectivity index (χ0v) is 11.7. The molecule has 1 aromatic heterocycles. The lowest BCUT2D eigenvalue weighted by atomic mass is 10.2. The molecule has 0 amide bonds. The zero-order valence-electron chi connectivity index (χ0n) is 10.9. The Bertz CT molecular complexity index is 569. The molecule has 0 aliphatic carbocycles. The van der Waals surface area contributed by atoms with Crippen LogP contribution < -0.4 is 0 Å². The van der Waals surface area contributed by atoms with Gasteiger partial charge in [-0.15, -0.1) is 11.8 Å². The number of ether oxygens (including phenoxy) is 1. The van der Waals surface area contributed by atoms with Gasteiger partial charge in [-0.3, -0.25) is 4.79 Å². The van der Waals surface area contributed by atoms with Crippen molar-refractivity contribution in [2.75, 3.05) is 12.9 Å². The Balaban J connectivity index is 0.000000861. The van der Waals surface area contributed by atoms with Gasteiger partial charge in [-0.1, -0.05) is 13.8 Å². The van der Waals surface area contributed by atoms with Crippen molar-refractivity contribution in [3.8, 4) is 0 Å². The summed E-state index contributed by atoms with van der Waals surface area (Å²) in [6, 6.07) is 2.03. The number of fused-ring (bicyclic) bond motifs is 1. The van der Waals surface area contributed by atoms with E-state index in [-0.39, 0.29) is 5.75 Å². The summed E-state index contributed by atoms with van der Waals surface area (Å²) < 4.78 is 31.0. The molecule has 19 heavy (non-hydrogen) atoms. The minimum Gasteiger partial charge on any atom is -0.468 e. The fourth-order valence-electron chi connectivity index (χ4n) is 1.46. The molecule has 2 aromatic rings. The fourth-order valence-corrected chi connectivity index (χ4v) is 2.35. The Hall–Kier alpha value is -1.56. The first-order valence-corrected chi connectivity index (χ1v) is 6.76. The van der Waals surface area contributed by atoms with E-state index in [9.17, 15) is 13.6 Å². The minimum atomic E-state index is -0.645. The van der Waals surface area contributed by atoms with E-state index in [0.29, 0.717) is 15.8 Å². The lowest BCUT2D eigenvalue weighted by Crippen LogP contribution is -2.02. The Morgan fingerprint density at radius 1 is 1.37 bits per heavy atom. The number of nitrogens with one attached hydrogen (secondary N) is 1. The average Bonchev–Trinajstić information content (AvgIpc) is 2.81. The minimum absolute atomic E-state index is 0.0836. The van der Waals surface area contributed by atoms with Gasteiger partial charge in [0, 0.05) is 22.5 Å². The van der Waals surface area contributed by atoms with Gasteiger partial charge in [-0.2, -0.15) is 0 Å². The summed E-state index contributed by atoms with van der Waals surface area (Å²) in [5.74, 6) is -1.60. The number of hydrogen-bond acceptors (Lipinski definition) is 3. The van der Waals surface area contributed by atoms with E-state index in [0.717, 1.165) is 17.8 Å². The number of halogens is 2. The van der Waals surface area contributed by atoms with Crippen LogP contribution in [0.15, 0.2) is 23.2 Å². The van der Waals surface area contributed by atoms with Gasteiger partial charge in [-0.25, -0.2) is 8.78 Å². The van der Waals surface area contributed by atoms with Crippen LogP contribution in [0.4, 0.5) is 8.78 Å². The number of carbonyl (C=O) groups excluding carboxylic acids is 1. The Labute approximate surface area is 114 Å². The number of thioether (sulfide) groups is 1. The first-order valence-electron chi connectivity index (χ1n) is 5.77. The molecule has 6 heteroatoms. The van der Waals surface area contributed by atoms with Crippen molar-refractivity contribution in [3.63, 3.8) is 0 Å². The van der Waals surface area contributed by atoms with E-state index in [1.54, 1.807) is 6.20 Å². The molecule has 0 atom stereocenters. The summed E-state index contributed by atoms with van der Waals surface area (Å²) in [6.07, 6.45) is 1.54. The van der Waals surface area contributed by atoms with Crippen molar-refractivity contribution in [1.82, 2.24) is 4.98 Å². The molecule has 0 spiro atoms. The Morgan fingerprint density at radius 3 is 2.68 bits per heavy atom.